The van der Waals surface area contributed by atoms with Gasteiger partial charge in [0.25, 0.3) is 0 Å². The average molecular weight is 298 g/mol. The molecule has 1 aromatic carbocycles. The summed E-state index contributed by atoms with van der Waals surface area (Å²) in [7, 11) is 0. The molecule has 1 aromatic rings. The van der Waals surface area contributed by atoms with Crippen molar-refractivity contribution >= 4 is 27.6 Å². The molecule has 0 heterocycles. The maximum atomic E-state index is 10.8. The second-order valence-corrected chi connectivity index (χ2v) is 4.64. The molecule has 3 nitrogen and oxygen atoms in total. The summed E-state index contributed by atoms with van der Waals surface area (Å²) in [6, 6.07) is 5.97. The largest absolute Gasteiger partial charge is 0.478 e. The summed E-state index contributed by atoms with van der Waals surface area (Å²) in [6.45, 7) is 4.37. The molecule has 0 atom stereocenters. The number of hydrogen-bond acceptors (Lipinski definition) is 2. The number of benzene rings is 1. The smallest absolute Gasteiger partial charge is 0.331 e. The number of aliphatic carboxylic acids is 1. The van der Waals surface area contributed by atoms with Crippen molar-refractivity contribution < 1.29 is 9.90 Å². The fourth-order valence-corrected chi connectivity index (χ4v) is 1.81. The van der Waals surface area contributed by atoms with Gasteiger partial charge in [0.1, 0.15) is 0 Å². The zero-order valence-corrected chi connectivity index (χ0v) is 11.5. The Balaban J connectivity index is 2.67. The van der Waals surface area contributed by atoms with Crippen LogP contribution in [0.2, 0.25) is 0 Å². The minimum Gasteiger partial charge on any atom is -0.478 e. The second kappa shape index (κ2) is 6.45. The molecule has 1 rings (SSSR count). The standard InChI is InChI=1S/C13H16BrNO2/c1-3-10(13(16)17)6-7-15-12-8-11(14)5-4-9(12)2/h4-6,8,15H,3,7H2,1-2H3,(H,16,17)/b10-6-. The van der Waals surface area contributed by atoms with Gasteiger partial charge in [-0.1, -0.05) is 35.0 Å². The Morgan fingerprint density at radius 2 is 2.24 bits per heavy atom. The molecular formula is C13H16BrNO2. The van der Waals surface area contributed by atoms with Gasteiger partial charge < -0.3 is 10.4 Å². The summed E-state index contributed by atoms with van der Waals surface area (Å²) in [5.41, 5.74) is 2.58. The molecule has 92 valence electrons. The van der Waals surface area contributed by atoms with Gasteiger partial charge in [-0.25, -0.2) is 4.79 Å². The molecule has 4 heteroatoms. The topological polar surface area (TPSA) is 49.3 Å². The Morgan fingerprint density at radius 3 is 2.82 bits per heavy atom. The molecule has 0 bridgehead atoms. The van der Waals surface area contributed by atoms with Gasteiger partial charge in [0.2, 0.25) is 0 Å². The minimum absolute atomic E-state index is 0.435. The lowest BCUT2D eigenvalue weighted by Crippen LogP contribution is -2.05. The predicted octanol–water partition coefficient (Wildman–Crippen LogP) is 3.59. The van der Waals surface area contributed by atoms with Gasteiger partial charge in [0.15, 0.2) is 0 Å². The number of nitrogens with one attached hydrogen (secondary N) is 1. The van der Waals surface area contributed by atoms with Crippen LogP contribution < -0.4 is 5.32 Å². The second-order valence-electron chi connectivity index (χ2n) is 3.73. The van der Waals surface area contributed by atoms with Crippen LogP contribution in [0, 0.1) is 6.92 Å². The van der Waals surface area contributed by atoms with E-state index in [1.165, 1.54) is 0 Å². The normalized spacial score (nSPS) is 11.4. The molecule has 0 spiro atoms. The van der Waals surface area contributed by atoms with E-state index in [9.17, 15) is 4.79 Å². The van der Waals surface area contributed by atoms with Crippen LogP contribution in [0.5, 0.6) is 0 Å². The molecule has 0 radical (unpaired) electrons. The van der Waals surface area contributed by atoms with Gasteiger partial charge in [0, 0.05) is 22.3 Å². The van der Waals surface area contributed by atoms with Crippen LogP contribution in [-0.2, 0) is 4.79 Å². The summed E-state index contributed by atoms with van der Waals surface area (Å²) < 4.78 is 1.00. The van der Waals surface area contributed by atoms with Crippen LogP contribution in [0.4, 0.5) is 5.69 Å². The predicted molar refractivity (Wildman–Crippen MR) is 73.4 cm³/mol. The molecule has 17 heavy (non-hydrogen) atoms. The Labute approximate surface area is 110 Å². The molecule has 0 saturated heterocycles. The maximum absolute atomic E-state index is 10.8. The van der Waals surface area contributed by atoms with Crippen molar-refractivity contribution in [3.8, 4) is 0 Å². The molecule has 0 fully saturated rings. The lowest BCUT2D eigenvalue weighted by atomic mass is 10.2. The number of anilines is 1. The van der Waals surface area contributed by atoms with Crippen LogP contribution in [0.3, 0.4) is 0 Å². The summed E-state index contributed by atoms with van der Waals surface area (Å²) in [6.07, 6.45) is 2.25. The highest BCUT2D eigenvalue weighted by atomic mass is 79.9. The molecule has 0 aliphatic rings. The summed E-state index contributed by atoms with van der Waals surface area (Å²) in [4.78, 5) is 10.8. The first-order chi connectivity index (χ1) is 8.04. The fraction of sp³-hybridized carbons (Fsp3) is 0.308. The van der Waals surface area contributed by atoms with Crippen molar-refractivity contribution in [3.63, 3.8) is 0 Å². The monoisotopic (exact) mass is 297 g/mol. The van der Waals surface area contributed by atoms with Gasteiger partial charge in [-0.2, -0.15) is 0 Å². The van der Waals surface area contributed by atoms with Gasteiger partial charge >= 0.3 is 5.97 Å². The van der Waals surface area contributed by atoms with E-state index in [0.717, 1.165) is 15.7 Å². The number of rotatable bonds is 5. The fourth-order valence-electron chi connectivity index (χ4n) is 1.45. The van der Waals surface area contributed by atoms with Crippen LogP contribution in [0.1, 0.15) is 18.9 Å². The minimum atomic E-state index is -0.847. The third-order valence-electron chi connectivity index (χ3n) is 2.50. The van der Waals surface area contributed by atoms with Crippen molar-refractivity contribution in [1.29, 1.82) is 0 Å². The van der Waals surface area contributed by atoms with E-state index >= 15 is 0 Å². The van der Waals surface area contributed by atoms with Crippen LogP contribution >= 0.6 is 15.9 Å². The van der Waals surface area contributed by atoms with Crippen LogP contribution in [0.25, 0.3) is 0 Å². The highest BCUT2D eigenvalue weighted by Crippen LogP contribution is 2.20. The number of carbonyl (C=O) groups is 1. The van der Waals surface area contributed by atoms with E-state index in [1.54, 1.807) is 6.08 Å². The van der Waals surface area contributed by atoms with E-state index in [2.05, 4.69) is 21.2 Å². The van der Waals surface area contributed by atoms with E-state index in [4.69, 9.17) is 5.11 Å². The Kier molecular flexibility index (Phi) is 5.22. The van der Waals surface area contributed by atoms with E-state index in [1.807, 2.05) is 32.0 Å². The van der Waals surface area contributed by atoms with Crippen molar-refractivity contribution in [2.24, 2.45) is 0 Å². The number of hydrogen-bond donors (Lipinski definition) is 2. The Morgan fingerprint density at radius 1 is 1.53 bits per heavy atom. The van der Waals surface area contributed by atoms with Crippen molar-refractivity contribution in [1.82, 2.24) is 0 Å². The Bertz CT molecular complexity index is 441. The molecule has 0 aliphatic heterocycles. The van der Waals surface area contributed by atoms with Crippen LogP contribution in [0.15, 0.2) is 34.3 Å². The van der Waals surface area contributed by atoms with E-state index in [0.29, 0.717) is 18.5 Å². The highest BCUT2D eigenvalue weighted by molar-refractivity contribution is 9.10. The zero-order chi connectivity index (χ0) is 12.8. The van der Waals surface area contributed by atoms with E-state index in [-0.39, 0.29) is 0 Å². The SMILES string of the molecule is CC/C(=C/CNc1cc(Br)ccc1C)C(=O)O. The Hall–Kier alpha value is -1.29. The van der Waals surface area contributed by atoms with Crippen LogP contribution in [-0.4, -0.2) is 17.6 Å². The third-order valence-corrected chi connectivity index (χ3v) is 2.99. The van der Waals surface area contributed by atoms with Gasteiger partial charge in [-0.15, -0.1) is 0 Å². The zero-order valence-electron chi connectivity index (χ0n) is 9.96. The first kappa shape index (κ1) is 13.8. The number of carboxylic acid groups (broad SMARTS) is 1. The number of aryl methyl sites for hydroxylation is 1. The summed E-state index contributed by atoms with van der Waals surface area (Å²) >= 11 is 3.40. The lowest BCUT2D eigenvalue weighted by Gasteiger charge is -2.08. The molecule has 0 saturated carbocycles. The highest BCUT2D eigenvalue weighted by Gasteiger charge is 2.03. The van der Waals surface area contributed by atoms with E-state index < -0.39 is 5.97 Å². The number of halogens is 1. The lowest BCUT2D eigenvalue weighted by molar-refractivity contribution is -0.132. The van der Waals surface area contributed by atoms with Crippen molar-refractivity contribution in [2.45, 2.75) is 20.3 Å². The van der Waals surface area contributed by atoms with Gasteiger partial charge in [-0.05, 0) is 31.0 Å². The molecular weight excluding hydrogens is 282 g/mol. The molecule has 0 aliphatic carbocycles. The molecule has 0 unspecified atom stereocenters. The van der Waals surface area contributed by atoms with Crippen molar-refractivity contribution in [2.75, 3.05) is 11.9 Å². The number of carboxylic acids is 1. The first-order valence-corrected chi connectivity index (χ1v) is 6.26. The summed E-state index contributed by atoms with van der Waals surface area (Å²) in [5, 5.41) is 12.1. The maximum Gasteiger partial charge on any atom is 0.331 e. The van der Waals surface area contributed by atoms with Gasteiger partial charge in [0.05, 0.1) is 0 Å². The molecule has 2 N–H and O–H groups in total. The first-order valence-electron chi connectivity index (χ1n) is 5.47. The van der Waals surface area contributed by atoms with Gasteiger partial charge in [-0.3, -0.25) is 0 Å². The summed E-state index contributed by atoms with van der Waals surface area (Å²) in [5.74, 6) is -0.847. The average Bonchev–Trinajstić information content (AvgIpc) is 2.28. The quantitative estimate of drug-likeness (QED) is 0.817. The third kappa shape index (κ3) is 4.23. The van der Waals surface area contributed by atoms with Crippen molar-refractivity contribution in [3.05, 3.63) is 39.9 Å². The molecule has 0 amide bonds. The molecule has 0 aromatic heterocycles.